The molecule has 1 atom stereocenters. The van der Waals surface area contributed by atoms with Gasteiger partial charge in [0.1, 0.15) is 12.2 Å². The molecule has 6 rings (SSSR count). The number of halogens is 3. The van der Waals surface area contributed by atoms with Crippen LogP contribution in [0, 0.1) is 5.92 Å². The van der Waals surface area contributed by atoms with Crippen molar-refractivity contribution in [2.24, 2.45) is 13.0 Å². The van der Waals surface area contributed by atoms with Crippen LogP contribution >= 0.6 is 0 Å². The second kappa shape index (κ2) is 9.65. The normalized spacial score (nSPS) is 17.7. The Bertz CT molecular complexity index is 1530. The zero-order valence-electron chi connectivity index (χ0n) is 21.2. The number of likely N-dealkylation sites (tertiary alicyclic amines) is 1. The first kappa shape index (κ1) is 24.8. The lowest BCUT2D eigenvalue weighted by molar-refractivity contribution is -0.136. The zero-order valence-corrected chi connectivity index (χ0v) is 21.2. The fourth-order valence-corrected chi connectivity index (χ4v) is 5.64. The molecule has 1 unspecified atom stereocenters. The summed E-state index contributed by atoms with van der Waals surface area (Å²) in [5, 5.41) is 8.37. The van der Waals surface area contributed by atoms with Gasteiger partial charge in [0.05, 0.1) is 11.1 Å². The first-order valence-electron chi connectivity index (χ1n) is 13.1. The number of benzene rings is 1. The lowest BCUT2D eigenvalue weighted by Gasteiger charge is -2.26. The van der Waals surface area contributed by atoms with Crippen molar-refractivity contribution >= 4 is 5.65 Å². The van der Waals surface area contributed by atoms with Gasteiger partial charge in [-0.1, -0.05) is 30.7 Å². The second-order valence-electron chi connectivity index (χ2n) is 10.5. The summed E-state index contributed by atoms with van der Waals surface area (Å²) < 4.78 is 45.1. The summed E-state index contributed by atoms with van der Waals surface area (Å²) in [6.45, 7) is 2.05. The maximum Gasteiger partial charge on any atom is 0.419 e. The Morgan fingerprint density at radius 3 is 2.58 bits per heavy atom. The molecule has 0 radical (unpaired) electrons. The Morgan fingerprint density at radius 2 is 1.89 bits per heavy atom. The summed E-state index contributed by atoms with van der Waals surface area (Å²) in [6, 6.07) is 8.75. The molecule has 198 valence electrons. The standard InChI is InChI=1S/C28H29F3N6O/c1-35-17-33-34-26(35)24(19-8-9-19)21-7-5-6-20(13-21)22-14-32-25-23(28(29,30)31)12-18(16-37(25)27(22)38)15-36-10-3-2-4-11-36/h5-7,12-14,16-17,19,24H,2-4,8-11,15H2,1H3. The maximum absolute atomic E-state index is 14.0. The molecule has 1 aliphatic carbocycles. The van der Waals surface area contributed by atoms with Gasteiger partial charge in [0.15, 0.2) is 5.65 Å². The van der Waals surface area contributed by atoms with E-state index < -0.39 is 17.3 Å². The van der Waals surface area contributed by atoms with Crippen LogP contribution in [-0.2, 0) is 19.8 Å². The van der Waals surface area contributed by atoms with Gasteiger partial charge in [-0.2, -0.15) is 13.2 Å². The Balaban J connectivity index is 1.44. The lowest BCUT2D eigenvalue weighted by Crippen LogP contribution is -2.30. The van der Waals surface area contributed by atoms with Crippen molar-refractivity contribution in [3.05, 3.63) is 81.9 Å². The highest BCUT2D eigenvalue weighted by Gasteiger charge is 2.37. The number of nitrogens with zero attached hydrogens (tertiary/aromatic N) is 6. The summed E-state index contributed by atoms with van der Waals surface area (Å²) in [6.07, 6.45) is 5.19. The van der Waals surface area contributed by atoms with E-state index in [0.717, 1.165) is 67.0 Å². The number of aryl methyl sites for hydroxylation is 1. The molecule has 10 heteroatoms. The van der Waals surface area contributed by atoms with Gasteiger partial charge in [0.25, 0.3) is 5.56 Å². The fraction of sp³-hybridized carbons (Fsp3) is 0.429. The van der Waals surface area contributed by atoms with Crippen LogP contribution in [0.1, 0.15) is 60.5 Å². The van der Waals surface area contributed by atoms with Gasteiger partial charge in [-0.15, -0.1) is 10.2 Å². The molecule has 0 bridgehead atoms. The fourth-order valence-electron chi connectivity index (χ4n) is 5.64. The summed E-state index contributed by atoms with van der Waals surface area (Å²) in [5.74, 6) is 1.33. The zero-order chi connectivity index (χ0) is 26.4. The number of hydrogen-bond acceptors (Lipinski definition) is 5. The predicted octanol–water partition coefficient (Wildman–Crippen LogP) is 5.04. The van der Waals surface area contributed by atoms with E-state index in [1.807, 2.05) is 29.8 Å². The Labute approximate surface area is 218 Å². The number of aromatic nitrogens is 5. The third kappa shape index (κ3) is 4.73. The van der Waals surface area contributed by atoms with Crippen LogP contribution in [0.2, 0.25) is 0 Å². The number of rotatable bonds is 6. The Morgan fingerprint density at radius 1 is 1.11 bits per heavy atom. The highest BCUT2D eigenvalue weighted by atomic mass is 19.4. The molecule has 1 aromatic carbocycles. The van der Waals surface area contributed by atoms with Gasteiger partial charge in [0, 0.05) is 31.9 Å². The van der Waals surface area contributed by atoms with Crippen molar-refractivity contribution < 1.29 is 13.2 Å². The molecular weight excluding hydrogens is 493 g/mol. The van der Waals surface area contributed by atoms with E-state index in [0.29, 0.717) is 23.6 Å². The van der Waals surface area contributed by atoms with E-state index in [1.54, 1.807) is 12.4 Å². The van der Waals surface area contributed by atoms with E-state index in [9.17, 15) is 18.0 Å². The molecule has 7 nitrogen and oxygen atoms in total. The highest BCUT2D eigenvalue weighted by molar-refractivity contribution is 5.65. The minimum absolute atomic E-state index is 0.0339. The van der Waals surface area contributed by atoms with Gasteiger partial charge in [-0.25, -0.2) is 4.98 Å². The van der Waals surface area contributed by atoms with E-state index >= 15 is 0 Å². The number of pyridine rings is 1. The van der Waals surface area contributed by atoms with Crippen molar-refractivity contribution in [2.75, 3.05) is 13.1 Å². The summed E-state index contributed by atoms with van der Waals surface area (Å²) in [7, 11) is 1.91. The SMILES string of the molecule is Cn1cnnc1C(c1cccc(-c2cnc3c(C(F)(F)F)cc(CN4CCCCC4)cn3c2=O)c1)C1CC1. The molecule has 2 aliphatic rings. The summed E-state index contributed by atoms with van der Waals surface area (Å²) in [5.41, 5.74) is 0.565. The molecular formula is C28H29F3N6O. The minimum atomic E-state index is -4.63. The molecule has 2 fully saturated rings. The topological polar surface area (TPSA) is 68.3 Å². The second-order valence-corrected chi connectivity index (χ2v) is 10.5. The summed E-state index contributed by atoms with van der Waals surface area (Å²) in [4.78, 5) is 20.0. The monoisotopic (exact) mass is 522 g/mol. The largest absolute Gasteiger partial charge is 0.419 e. The summed E-state index contributed by atoms with van der Waals surface area (Å²) >= 11 is 0. The van der Waals surface area contributed by atoms with E-state index in [4.69, 9.17) is 0 Å². The Kier molecular flexibility index (Phi) is 6.29. The van der Waals surface area contributed by atoms with Crippen molar-refractivity contribution in [3.63, 3.8) is 0 Å². The third-order valence-corrected chi connectivity index (χ3v) is 7.69. The maximum atomic E-state index is 14.0. The van der Waals surface area contributed by atoms with Crippen molar-refractivity contribution in [1.82, 2.24) is 29.0 Å². The van der Waals surface area contributed by atoms with Gasteiger partial charge in [-0.05, 0) is 67.4 Å². The molecule has 1 saturated carbocycles. The molecule has 38 heavy (non-hydrogen) atoms. The van der Waals surface area contributed by atoms with Crippen molar-refractivity contribution in [2.45, 2.75) is 50.7 Å². The van der Waals surface area contributed by atoms with Gasteiger partial charge < -0.3 is 4.57 Å². The van der Waals surface area contributed by atoms with Crippen LogP contribution < -0.4 is 5.56 Å². The minimum Gasteiger partial charge on any atom is -0.320 e. The average molecular weight is 523 g/mol. The first-order chi connectivity index (χ1) is 18.3. The van der Waals surface area contributed by atoms with Crippen LogP contribution in [0.25, 0.3) is 16.8 Å². The molecule has 4 heterocycles. The average Bonchev–Trinajstić information content (AvgIpc) is 3.65. The Hall–Kier alpha value is -3.53. The third-order valence-electron chi connectivity index (χ3n) is 7.69. The van der Waals surface area contributed by atoms with Crippen LogP contribution in [0.15, 0.2) is 53.8 Å². The quantitative estimate of drug-likeness (QED) is 0.355. The number of fused-ring (bicyclic) bond motifs is 1. The molecule has 1 aliphatic heterocycles. The van der Waals surface area contributed by atoms with Crippen molar-refractivity contribution in [3.8, 4) is 11.1 Å². The van der Waals surface area contributed by atoms with E-state index in [2.05, 4.69) is 20.1 Å². The van der Waals surface area contributed by atoms with Crippen LogP contribution in [0.3, 0.4) is 0 Å². The van der Waals surface area contributed by atoms with E-state index in [-0.39, 0.29) is 17.1 Å². The van der Waals surface area contributed by atoms with Crippen LogP contribution in [0.4, 0.5) is 13.2 Å². The van der Waals surface area contributed by atoms with Gasteiger partial charge in [-0.3, -0.25) is 14.1 Å². The van der Waals surface area contributed by atoms with Crippen LogP contribution in [-0.4, -0.2) is 42.1 Å². The molecule has 3 aromatic heterocycles. The predicted molar refractivity (Wildman–Crippen MR) is 137 cm³/mol. The van der Waals surface area contributed by atoms with Crippen molar-refractivity contribution in [1.29, 1.82) is 0 Å². The molecule has 4 aromatic rings. The lowest BCUT2D eigenvalue weighted by atomic mass is 9.91. The van der Waals surface area contributed by atoms with Gasteiger partial charge in [0.2, 0.25) is 0 Å². The highest BCUT2D eigenvalue weighted by Crippen LogP contribution is 2.46. The molecule has 1 saturated heterocycles. The number of alkyl halides is 3. The molecule has 0 N–H and O–H groups in total. The van der Waals surface area contributed by atoms with E-state index in [1.165, 1.54) is 12.4 Å². The van der Waals surface area contributed by atoms with Crippen LogP contribution in [0.5, 0.6) is 0 Å². The molecule has 0 amide bonds. The first-order valence-corrected chi connectivity index (χ1v) is 13.1. The number of hydrogen-bond donors (Lipinski definition) is 0. The van der Waals surface area contributed by atoms with Gasteiger partial charge >= 0.3 is 6.18 Å². The number of piperidine rings is 1. The smallest absolute Gasteiger partial charge is 0.320 e. The molecule has 0 spiro atoms.